The SMILES string of the molecule is O=C(Nc1ccc(N=Nc2ccc(O)cc2)cc1)c1ccc(N=Nc2cc(S(=O)(=O)O)ccc2O)cc1. The number of hydrogen-bond acceptors (Lipinski definition) is 9. The maximum Gasteiger partial charge on any atom is 0.294 e. The highest BCUT2D eigenvalue weighted by molar-refractivity contribution is 7.85. The van der Waals surface area contributed by atoms with E-state index in [1.54, 1.807) is 36.4 Å². The van der Waals surface area contributed by atoms with Gasteiger partial charge in [0.1, 0.15) is 17.2 Å². The third-order valence-electron chi connectivity index (χ3n) is 4.90. The molecule has 0 saturated heterocycles. The van der Waals surface area contributed by atoms with Crippen LogP contribution in [0, 0.1) is 0 Å². The Bertz CT molecular complexity index is 1580. The lowest BCUT2D eigenvalue weighted by molar-refractivity contribution is 0.102. The van der Waals surface area contributed by atoms with Crippen molar-refractivity contribution < 1.29 is 28.0 Å². The van der Waals surface area contributed by atoms with Gasteiger partial charge in [0.2, 0.25) is 0 Å². The van der Waals surface area contributed by atoms with Gasteiger partial charge in [0.15, 0.2) is 0 Å². The Morgan fingerprint density at radius 1 is 0.676 bits per heavy atom. The monoisotopic (exact) mass is 517 g/mol. The standard InChI is InChI=1S/C25H19N5O6S/c31-21-11-9-20(10-12-21)28-27-19-7-5-17(6-8-19)26-25(33)16-1-3-18(4-2-16)29-30-23-15-22(37(34,35)36)13-14-24(23)32/h1-15,31-32H,(H,26,33)(H,34,35,36). The number of anilines is 1. The molecule has 4 N–H and O–H groups in total. The average molecular weight is 518 g/mol. The summed E-state index contributed by atoms with van der Waals surface area (Å²) in [5, 5.41) is 37.8. The van der Waals surface area contributed by atoms with E-state index < -0.39 is 15.0 Å². The Hall–Kier alpha value is -4.94. The van der Waals surface area contributed by atoms with Crippen LogP contribution in [0.4, 0.5) is 28.4 Å². The first kappa shape index (κ1) is 25.2. The number of carbonyl (C=O) groups excluding carboxylic acids is 1. The Kier molecular flexibility index (Phi) is 7.32. The van der Waals surface area contributed by atoms with E-state index in [2.05, 4.69) is 25.8 Å². The fourth-order valence-electron chi connectivity index (χ4n) is 2.98. The summed E-state index contributed by atoms with van der Waals surface area (Å²) in [7, 11) is -4.46. The number of phenols is 2. The van der Waals surface area contributed by atoms with Crippen molar-refractivity contribution in [1.29, 1.82) is 0 Å². The predicted molar refractivity (Wildman–Crippen MR) is 135 cm³/mol. The van der Waals surface area contributed by atoms with Crippen molar-refractivity contribution in [3.05, 3.63) is 96.6 Å². The number of azo groups is 2. The zero-order chi connectivity index (χ0) is 26.4. The molecule has 0 saturated carbocycles. The number of carbonyl (C=O) groups is 1. The number of aromatic hydroxyl groups is 2. The van der Waals surface area contributed by atoms with Crippen LogP contribution in [-0.2, 0) is 10.1 Å². The summed E-state index contributed by atoms with van der Waals surface area (Å²) >= 11 is 0. The lowest BCUT2D eigenvalue weighted by Crippen LogP contribution is -2.11. The largest absolute Gasteiger partial charge is 0.508 e. The number of rotatable bonds is 7. The normalized spacial score (nSPS) is 11.7. The predicted octanol–water partition coefficient (Wildman–Crippen LogP) is 6.43. The maximum atomic E-state index is 12.6. The zero-order valence-electron chi connectivity index (χ0n) is 18.9. The van der Waals surface area contributed by atoms with Crippen molar-refractivity contribution in [1.82, 2.24) is 0 Å². The molecule has 0 bridgehead atoms. The molecule has 0 aliphatic heterocycles. The fourth-order valence-corrected chi connectivity index (χ4v) is 3.48. The van der Waals surface area contributed by atoms with Gasteiger partial charge in [0, 0.05) is 11.3 Å². The van der Waals surface area contributed by atoms with Crippen LogP contribution in [0.15, 0.2) is 116 Å². The van der Waals surface area contributed by atoms with E-state index >= 15 is 0 Å². The molecular formula is C25H19N5O6S. The smallest absolute Gasteiger partial charge is 0.294 e. The van der Waals surface area contributed by atoms with Gasteiger partial charge in [0.05, 0.1) is 22.0 Å². The molecule has 1 amide bonds. The van der Waals surface area contributed by atoms with Crippen molar-refractivity contribution in [3.8, 4) is 11.5 Å². The van der Waals surface area contributed by atoms with E-state index in [4.69, 9.17) is 4.55 Å². The number of nitrogens with zero attached hydrogens (tertiary/aromatic N) is 4. The summed E-state index contributed by atoms with van der Waals surface area (Å²) in [6.45, 7) is 0. The van der Waals surface area contributed by atoms with E-state index in [0.29, 0.717) is 28.3 Å². The molecule has 4 aromatic rings. The van der Waals surface area contributed by atoms with Gasteiger partial charge in [-0.05, 0) is 91.0 Å². The highest BCUT2D eigenvalue weighted by Gasteiger charge is 2.12. The quantitative estimate of drug-likeness (QED) is 0.162. The van der Waals surface area contributed by atoms with Crippen LogP contribution in [0.25, 0.3) is 0 Å². The summed E-state index contributed by atoms with van der Waals surface area (Å²) in [5.41, 5.74) is 2.26. The summed E-state index contributed by atoms with van der Waals surface area (Å²) in [5.74, 6) is -0.539. The van der Waals surface area contributed by atoms with Gasteiger partial charge in [-0.25, -0.2) is 0 Å². The van der Waals surface area contributed by atoms with E-state index in [9.17, 15) is 23.4 Å². The Labute approximate surface area is 211 Å². The minimum absolute atomic E-state index is 0.141. The lowest BCUT2D eigenvalue weighted by Gasteiger charge is -2.06. The summed E-state index contributed by atoms with van der Waals surface area (Å²) in [6, 6.07) is 22.2. The van der Waals surface area contributed by atoms with Gasteiger partial charge in [-0.3, -0.25) is 9.35 Å². The first-order chi connectivity index (χ1) is 17.7. The first-order valence-corrected chi connectivity index (χ1v) is 12.1. The van der Waals surface area contributed by atoms with Gasteiger partial charge >= 0.3 is 0 Å². The van der Waals surface area contributed by atoms with E-state index in [-0.39, 0.29) is 23.1 Å². The van der Waals surface area contributed by atoms with Crippen LogP contribution in [0.5, 0.6) is 11.5 Å². The molecule has 0 spiro atoms. The van der Waals surface area contributed by atoms with Crippen molar-refractivity contribution >= 4 is 44.5 Å². The second-order valence-corrected chi connectivity index (χ2v) is 9.01. The molecule has 0 aliphatic rings. The minimum Gasteiger partial charge on any atom is -0.508 e. The highest BCUT2D eigenvalue weighted by Crippen LogP contribution is 2.31. The van der Waals surface area contributed by atoms with E-state index in [1.807, 2.05) is 0 Å². The Morgan fingerprint density at radius 2 is 1.19 bits per heavy atom. The van der Waals surface area contributed by atoms with Gasteiger partial charge in [0.25, 0.3) is 16.0 Å². The third kappa shape index (κ3) is 6.81. The molecule has 0 atom stereocenters. The first-order valence-electron chi connectivity index (χ1n) is 10.6. The summed E-state index contributed by atoms with van der Waals surface area (Å²) in [4.78, 5) is 12.1. The second-order valence-electron chi connectivity index (χ2n) is 7.59. The molecule has 0 aromatic heterocycles. The third-order valence-corrected chi connectivity index (χ3v) is 5.75. The van der Waals surface area contributed by atoms with Crippen molar-refractivity contribution in [2.75, 3.05) is 5.32 Å². The van der Waals surface area contributed by atoms with Gasteiger partial charge in [-0.1, -0.05) is 0 Å². The highest BCUT2D eigenvalue weighted by atomic mass is 32.2. The molecule has 37 heavy (non-hydrogen) atoms. The maximum absolute atomic E-state index is 12.6. The topological polar surface area (TPSA) is 173 Å². The molecule has 12 heteroatoms. The zero-order valence-corrected chi connectivity index (χ0v) is 19.7. The molecule has 0 radical (unpaired) electrons. The van der Waals surface area contributed by atoms with Gasteiger partial charge < -0.3 is 15.5 Å². The van der Waals surface area contributed by atoms with Crippen LogP contribution < -0.4 is 5.32 Å². The number of hydrogen-bond donors (Lipinski definition) is 4. The van der Waals surface area contributed by atoms with Gasteiger partial charge in [-0.15, -0.1) is 5.11 Å². The van der Waals surface area contributed by atoms with Crippen molar-refractivity contribution in [3.63, 3.8) is 0 Å². The van der Waals surface area contributed by atoms with Crippen molar-refractivity contribution in [2.24, 2.45) is 20.5 Å². The number of benzene rings is 4. The van der Waals surface area contributed by atoms with Gasteiger partial charge in [-0.2, -0.15) is 23.8 Å². The van der Waals surface area contributed by atoms with Crippen molar-refractivity contribution in [2.45, 2.75) is 4.90 Å². The van der Waals surface area contributed by atoms with Crippen LogP contribution in [-0.4, -0.2) is 29.1 Å². The molecule has 0 aliphatic carbocycles. The number of nitrogens with one attached hydrogen (secondary N) is 1. The molecule has 4 aromatic carbocycles. The van der Waals surface area contributed by atoms with Crippen LogP contribution in [0.3, 0.4) is 0 Å². The Balaban J connectivity index is 1.38. The second kappa shape index (κ2) is 10.8. The lowest BCUT2D eigenvalue weighted by atomic mass is 10.2. The summed E-state index contributed by atoms with van der Waals surface area (Å²) < 4.78 is 31.7. The molecule has 4 rings (SSSR count). The molecule has 11 nitrogen and oxygen atoms in total. The van der Waals surface area contributed by atoms with Crippen LogP contribution in [0.1, 0.15) is 10.4 Å². The number of amides is 1. The molecule has 0 unspecified atom stereocenters. The molecule has 186 valence electrons. The van der Waals surface area contributed by atoms with Crippen LogP contribution >= 0.6 is 0 Å². The summed E-state index contributed by atoms with van der Waals surface area (Å²) in [6.07, 6.45) is 0. The molecule has 0 heterocycles. The molecule has 0 fully saturated rings. The Morgan fingerprint density at radius 3 is 1.76 bits per heavy atom. The number of phenolic OH excluding ortho intramolecular Hbond substituents is 2. The minimum atomic E-state index is -4.46. The van der Waals surface area contributed by atoms with E-state index in [1.165, 1.54) is 36.4 Å². The van der Waals surface area contributed by atoms with Crippen LogP contribution in [0.2, 0.25) is 0 Å². The van der Waals surface area contributed by atoms with E-state index in [0.717, 1.165) is 18.2 Å². The average Bonchev–Trinajstić information content (AvgIpc) is 2.88. The fraction of sp³-hybridized carbons (Fsp3) is 0. The molecular weight excluding hydrogens is 498 g/mol.